The highest BCUT2D eigenvalue weighted by molar-refractivity contribution is 7.18. The van der Waals surface area contributed by atoms with Crippen molar-refractivity contribution in [1.82, 2.24) is 14.9 Å². The quantitative estimate of drug-likeness (QED) is 0.707. The third-order valence-electron chi connectivity index (χ3n) is 5.04. The van der Waals surface area contributed by atoms with Gasteiger partial charge in [-0.15, -0.1) is 11.3 Å². The van der Waals surface area contributed by atoms with Crippen molar-refractivity contribution in [1.29, 1.82) is 5.26 Å². The Morgan fingerprint density at radius 3 is 2.64 bits per heavy atom. The van der Waals surface area contributed by atoms with Gasteiger partial charge in [-0.25, -0.2) is 9.97 Å². The van der Waals surface area contributed by atoms with Crippen LogP contribution in [-0.2, 0) is 17.7 Å². The number of nitrogens with one attached hydrogen (secondary N) is 1. The summed E-state index contributed by atoms with van der Waals surface area (Å²) >= 11 is 1.72. The number of aromatic nitrogens is 2. The first-order chi connectivity index (χ1) is 13.6. The van der Waals surface area contributed by atoms with Gasteiger partial charge in [-0.05, 0) is 37.1 Å². The van der Waals surface area contributed by atoms with E-state index in [9.17, 15) is 0 Å². The Morgan fingerprint density at radius 1 is 1.18 bits per heavy atom. The number of ether oxygens (including phenoxy) is 1. The van der Waals surface area contributed by atoms with Crippen LogP contribution in [0, 0.1) is 25.2 Å². The molecule has 28 heavy (non-hydrogen) atoms. The van der Waals surface area contributed by atoms with Crippen LogP contribution in [0.25, 0.3) is 10.2 Å². The molecule has 0 spiro atoms. The number of nitrogens with zero attached hydrogens (tertiary/aromatic N) is 4. The minimum absolute atomic E-state index is 0.421. The SMILES string of the molecule is Cc1sc2nc(CN3CCOCC3)nc(Nc3ccc(CC#N)cc3)c2c1C. The second kappa shape index (κ2) is 8.23. The average molecular weight is 394 g/mol. The van der Waals surface area contributed by atoms with Crippen molar-refractivity contribution in [2.75, 3.05) is 31.6 Å². The Morgan fingerprint density at radius 2 is 1.93 bits per heavy atom. The van der Waals surface area contributed by atoms with Gasteiger partial charge in [-0.3, -0.25) is 4.90 Å². The normalized spacial score (nSPS) is 14.9. The maximum Gasteiger partial charge on any atom is 0.146 e. The second-order valence-electron chi connectivity index (χ2n) is 7.00. The lowest BCUT2D eigenvalue weighted by Gasteiger charge is -2.25. The summed E-state index contributed by atoms with van der Waals surface area (Å²) in [6.45, 7) is 8.33. The van der Waals surface area contributed by atoms with Gasteiger partial charge >= 0.3 is 0 Å². The first-order valence-corrected chi connectivity index (χ1v) is 10.3. The summed E-state index contributed by atoms with van der Waals surface area (Å²) in [6, 6.07) is 10.1. The number of nitriles is 1. The van der Waals surface area contributed by atoms with Gasteiger partial charge < -0.3 is 10.1 Å². The zero-order valence-electron chi connectivity index (χ0n) is 16.2. The lowest BCUT2D eigenvalue weighted by Crippen LogP contribution is -2.36. The highest BCUT2D eigenvalue weighted by atomic mass is 32.1. The maximum absolute atomic E-state index is 8.85. The van der Waals surface area contributed by atoms with Gasteiger partial charge in [0.1, 0.15) is 16.5 Å². The van der Waals surface area contributed by atoms with Crippen molar-refractivity contribution in [3.05, 3.63) is 46.1 Å². The highest BCUT2D eigenvalue weighted by Gasteiger charge is 2.18. The molecule has 3 aromatic rings. The monoisotopic (exact) mass is 393 g/mol. The number of hydrogen-bond donors (Lipinski definition) is 1. The molecule has 0 aliphatic carbocycles. The molecule has 1 saturated heterocycles. The summed E-state index contributed by atoms with van der Waals surface area (Å²) in [5.41, 5.74) is 3.19. The predicted molar refractivity (Wildman–Crippen MR) is 112 cm³/mol. The number of thiophene rings is 1. The largest absolute Gasteiger partial charge is 0.379 e. The number of rotatable bonds is 5. The molecule has 1 fully saturated rings. The first kappa shape index (κ1) is 18.8. The Labute approximate surface area is 168 Å². The molecule has 0 atom stereocenters. The molecule has 1 aliphatic rings. The number of morpholine rings is 1. The van der Waals surface area contributed by atoms with Gasteiger partial charge in [0.15, 0.2) is 0 Å². The van der Waals surface area contributed by atoms with E-state index in [0.717, 1.165) is 66.0 Å². The van der Waals surface area contributed by atoms with E-state index in [-0.39, 0.29) is 0 Å². The van der Waals surface area contributed by atoms with Gasteiger partial charge in [0.2, 0.25) is 0 Å². The van der Waals surface area contributed by atoms with Gasteiger partial charge in [-0.2, -0.15) is 5.26 Å². The van der Waals surface area contributed by atoms with Crippen molar-refractivity contribution < 1.29 is 4.74 Å². The van der Waals surface area contributed by atoms with E-state index in [0.29, 0.717) is 6.42 Å². The summed E-state index contributed by atoms with van der Waals surface area (Å²) in [7, 11) is 0. The van der Waals surface area contributed by atoms with E-state index in [1.165, 1.54) is 10.4 Å². The lowest BCUT2D eigenvalue weighted by molar-refractivity contribution is 0.0331. The topological polar surface area (TPSA) is 74.1 Å². The number of benzene rings is 1. The molecule has 4 rings (SSSR count). The number of hydrogen-bond acceptors (Lipinski definition) is 7. The Bertz CT molecular complexity index is 1020. The summed E-state index contributed by atoms with van der Waals surface area (Å²) in [4.78, 5) is 14.3. The Hall–Kier alpha value is -2.53. The highest BCUT2D eigenvalue weighted by Crippen LogP contribution is 2.34. The van der Waals surface area contributed by atoms with Crippen LogP contribution in [0.2, 0.25) is 0 Å². The van der Waals surface area contributed by atoms with Gasteiger partial charge in [0, 0.05) is 23.7 Å². The zero-order valence-corrected chi connectivity index (χ0v) is 17.0. The van der Waals surface area contributed by atoms with Crippen LogP contribution < -0.4 is 5.32 Å². The average Bonchev–Trinajstić information content (AvgIpc) is 2.98. The minimum Gasteiger partial charge on any atom is -0.379 e. The van der Waals surface area contributed by atoms with E-state index in [2.05, 4.69) is 30.1 Å². The lowest BCUT2D eigenvalue weighted by atomic mass is 10.1. The first-order valence-electron chi connectivity index (χ1n) is 9.43. The molecule has 144 valence electrons. The third-order valence-corrected chi connectivity index (χ3v) is 6.14. The van der Waals surface area contributed by atoms with Crippen molar-refractivity contribution in [3.63, 3.8) is 0 Å². The summed E-state index contributed by atoms with van der Waals surface area (Å²) in [5.74, 6) is 1.68. The fraction of sp³-hybridized carbons (Fsp3) is 0.381. The molecular formula is C21H23N5OS. The van der Waals surface area contributed by atoms with Crippen molar-refractivity contribution in [3.8, 4) is 6.07 Å². The molecule has 0 amide bonds. The molecule has 1 aromatic carbocycles. The van der Waals surface area contributed by atoms with Crippen LogP contribution in [0.4, 0.5) is 11.5 Å². The van der Waals surface area contributed by atoms with Crippen molar-refractivity contribution >= 4 is 33.1 Å². The van der Waals surface area contributed by atoms with Gasteiger partial charge in [0.25, 0.3) is 0 Å². The number of anilines is 2. The third kappa shape index (κ3) is 3.99. The zero-order chi connectivity index (χ0) is 19.5. The Balaban J connectivity index is 1.67. The fourth-order valence-electron chi connectivity index (χ4n) is 3.35. The van der Waals surface area contributed by atoms with E-state index < -0.39 is 0 Å². The predicted octanol–water partition coefficient (Wildman–Crippen LogP) is 3.95. The van der Waals surface area contributed by atoms with Crippen molar-refractivity contribution in [2.24, 2.45) is 0 Å². The van der Waals surface area contributed by atoms with Crippen LogP contribution in [0.1, 0.15) is 21.8 Å². The minimum atomic E-state index is 0.421. The molecule has 0 radical (unpaired) electrons. The maximum atomic E-state index is 8.85. The fourth-order valence-corrected chi connectivity index (χ4v) is 4.40. The molecule has 3 heterocycles. The van der Waals surface area contributed by atoms with Gasteiger partial charge in [-0.1, -0.05) is 12.1 Å². The summed E-state index contributed by atoms with van der Waals surface area (Å²) < 4.78 is 5.44. The standard InChI is InChI=1S/C21H23N5OS/c1-14-15(2)28-21-19(14)20(23-17-5-3-16(4-6-17)7-8-22)24-18(25-21)13-26-9-11-27-12-10-26/h3-6H,7,9-13H2,1-2H3,(H,23,24,25). The van der Waals surface area contributed by atoms with E-state index >= 15 is 0 Å². The molecule has 0 bridgehead atoms. The summed E-state index contributed by atoms with van der Waals surface area (Å²) in [5, 5.41) is 13.4. The van der Waals surface area contributed by atoms with Crippen LogP contribution in [0.3, 0.4) is 0 Å². The molecule has 2 aromatic heterocycles. The van der Waals surface area contributed by atoms with Crippen LogP contribution >= 0.6 is 11.3 Å². The van der Waals surface area contributed by atoms with Crippen molar-refractivity contribution in [2.45, 2.75) is 26.8 Å². The van der Waals surface area contributed by atoms with Crippen LogP contribution in [0.5, 0.6) is 0 Å². The van der Waals surface area contributed by atoms with E-state index in [1.807, 2.05) is 24.3 Å². The van der Waals surface area contributed by atoms with Gasteiger partial charge in [0.05, 0.1) is 37.6 Å². The number of fused-ring (bicyclic) bond motifs is 1. The van der Waals surface area contributed by atoms with E-state index in [1.54, 1.807) is 11.3 Å². The molecular weight excluding hydrogens is 370 g/mol. The molecule has 0 saturated carbocycles. The van der Waals surface area contributed by atoms with Crippen LogP contribution in [0.15, 0.2) is 24.3 Å². The molecule has 0 unspecified atom stereocenters. The van der Waals surface area contributed by atoms with E-state index in [4.69, 9.17) is 20.0 Å². The molecule has 1 N–H and O–H groups in total. The molecule has 6 nitrogen and oxygen atoms in total. The number of aryl methyl sites for hydroxylation is 2. The second-order valence-corrected chi connectivity index (χ2v) is 8.20. The molecule has 7 heteroatoms. The Kier molecular flexibility index (Phi) is 5.53. The summed E-state index contributed by atoms with van der Waals surface area (Å²) in [6.07, 6.45) is 0.421. The smallest absolute Gasteiger partial charge is 0.146 e. The van der Waals surface area contributed by atoms with Crippen LogP contribution in [-0.4, -0.2) is 41.2 Å². The molecule has 1 aliphatic heterocycles.